The molecule has 0 heterocycles. The lowest BCUT2D eigenvalue weighted by Gasteiger charge is -2.15. The first-order valence-corrected chi connectivity index (χ1v) is 22.6. The molecular formula is C60H50O10. The van der Waals surface area contributed by atoms with E-state index in [0.717, 1.165) is 33.4 Å². The van der Waals surface area contributed by atoms with Gasteiger partial charge in [0.25, 0.3) is 0 Å². The molecule has 10 nitrogen and oxygen atoms in total. The van der Waals surface area contributed by atoms with Crippen molar-refractivity contribution in [3.05, 3.63) is 251 Å². The van der Waals surface area contributed by atoms with Crippen molar-refractivity contribution in [1.82, 2.24) is 0 Å². The lowest BCUT2D eigenvalue weighted by Crippen LogP contribution is -2.08. The van der Waals surface area contributed by atoms with Crippen LogP contribution in [0, 0.1) is 0 Å². The zero-order chi connectivity index (χ0) is 48.3. The molecule has 0 radical (unpaired) electrons. The topological polar surface area (TPSA) is 130 Å². The summed E-state index contributed by atoms with van der Waals surface area (Å²) in [5.74, 6) is 1.02. The SMILES string of the molecule is O=C(/C=C/c1ccc(OCCOc2ccc(/C=C/C(=O)c3c(O)cc(OCc4ccccc4)cc3OCc3ccccc3)cc2)cc1)c1c(O)cc(OCc2ccccc2)cc1OCc1ccccc1. The number of allylic oxidation sites excluding steroid dienone is 2. The van der Waals surface area contributed by atoms with Crippen molar-refractivity contribution in [3.8, 4) is 46.0 Å². The normalized spacial score (nSPS) is 11.0. The number of aromatic hydroxyl groups is 2. The van der Waals surface area contributed by atoms with Crippen LogP contribution in [0.4, 0.5) is 0 Å². The molecule has 0 aliphatic heterocycles. The Morgan fingerprint density at radius 3 is 1.00 bits per heavy atom. The average molecular weight is 931 g/mol. The Labute approximate surface area is 406 Å². The number of ketones is 2. The van der Waals surface area contributed by atoms with Gasteiger partial charge in [-0.15, -0.1) is 0 Å². The minimum Gasteiger partial charge on any atom is -0.507 e. The van der Waals surface area contributed by atoms with Crippen molar-refractivity contribution in [2.45, 2.75) is 26.4 Å². The predicted octanol–water partition coefficient (Wildman–Crippen LogP) is 12.7. The average Bonchev–Trinajstić information content (AvgIpc) is 3.40. The van der Waals surface area contributed by atoms with Crippen LogP contribution < -0.4 is 28.4 Å². The van der Waals surface area contributed by atoms with Gasteiger partial charge in [0.1, 0.15) is 96.8 Å². The summed E-state index contributed by atoms with van der Waals surface area (Å²) < 4.78 is 35.9. The van der Waals surface area contributed by atoms with Crippen LogP contribution in [0.1, 0.15) is 54.1 Å². The number of phenolic OH excluding ortho intramolecular Hbond substituents is 2. The Morgan fingerprint density at radius 2 is 0.671 bits per heavy atom. The van der Waals surface area contributed by atoms with Gasteiger partial charge in [0, 0.05) is 24.3 Å². The molecule has 0 aliphatic rings. The van der Waals surface area contributed by atoms with E-state index < -0.39 is 11.6 Å². The third-order valence-electron chi connectivity index (χ3n) is 10.8. The summed E-state index contributed by atoms with van der Waals surface area (Å²) in [5.41, 5.74) is 5.29. The third kappa shape index (κ3) is 13.8. The fourth-order valence-corrected chi connectivity index (χ4v) is 7.17. The van der Waals surface area contributed by atoms with Gasteiger partial charge in [-0.05, 0) is 69.8 Å². The summed E-state index contributed by atoms with van der Waals surface area (Å²) in [6.07, 6.45) is 6.11. The second-order valence-corrected chi connectivity index (χ2v) is 16.0. The fraction of sp³-hybridized carbons (Fsp3) is 0.100. The molecule has 10 heteroatoms. The maximum absolute atomic E-state index is 13.6. The highest BCUT2D eigenvalue weighted by Gasteiger charge is 2.20. The van der Waals surface area contributed by atoms with E-state index in [-0.39, 0.29) is 73.8 Å². The third-order valence-corrected chi connectivity index (χ3v) is 10.8. The first-order chi connectivity index (χ1) is 34.3. The van der Waals surface area contributed by atoms with Crippen molar-refractivity contribution in [2.24, 2.45) is 0 Å². The van der Waals surface area contributed by atoms with Crippen LogP contribution in [0.2, 0.25) is 0 Å². The van der Waals surface area contributed by atoms with Crippen molar-refractivity contribution >= 4 is 23.7 Å². The molecule has 0 atom stereocenters. The van der Waals surface area contributed by atoms with Crippen molar-refractivity contribution in [3.63, 3.8) is 0 Å². The van der Waals surface area contributed by atoms with Crippen molar-refractivity contribution in [1.29, 1.82) is 0 Å². The van der Waals surface area contributed by atoms with Gasteiger partial charge in [0.05, 0.1) is 0 Å². The largest absolute Gasteiger partial charge is 0.507 e. The van der Waals surface area contributed by atoms with Crippen LogP contribution >= 0.6 is 0 Å². The number of hydrogen-bond donors (Lipinski definition) is 2. The molecule has 350 valence electrons. The van der Waals surface area contributed by atoms with Gasteiger partial charge in [-0.2, -0.15) is 0 Å². The molecule has 2 N–H and O–H groups in total. The van der Waals surface area contributed by atoms with E-state index in [4.69, 9.17) is 28.4 Å². The van der Waals surface area contributed by atoms with Gasteiger partial charge >= 0.3 is 0 Å². The van der Waals surface area contributed by atoms with Gasteiger partial charge < -0.3 is 38.6 Å². The molecule has 0 spiro atoms. The van der Waals surface area contributed by atoms with Crippen LogP contribution in [0.25, 0.3) is 12.2 Å². The van der Waals surface area contributed by atoms with E-state index in [1.165, 1.54) is 24.3 Å². The number of phenols is 2. The smallest absolute Gasteiger partial charge is 0.193 e. The summed E-state index contributed by atoms with van der Waals surface area (Å²) in [6.45, 7) is 1.49. The number of ether oxygens (including phenoxy) is 6. The Morgan fingerprint density at radius 1 is 0.357 bits per heavy atom. The number of rotatable bonds is 23. The molecule has 0 saturated carbocycles. The molecule has 8 aromatic rings. The minimum atomic E-state index is -0.434. The van der Waals surface area contributed by atoms with E-state index in [2.05, 4.69) is 0 Å². The zero-order valence-corrected chi connectivity index (χ0v) is 38.2. The zero-order valence-electron chi connectivity index (χ0n) is 38.2. The van der Waals surface area contributed by atoms with E-state index in [0.29, 0.717) is 23.0 Å². The van der Waals surface area contributed by atoms with Crippen molar-refractivity contribution < 1.29 is 48.2 Å². The Kier molecular flexibility index (Phi) is 16.4. The quantitative estimate of drug-likeness (QED) is 0.0363. The second-order valence-electron chi connectivity index (χ2n) is 16.0. The molecule has 0 amide bonds. The van der Waals surface area contributed by atoms with Gasteiger partial charge in [-0.1, -0.05) is 158 Å². The monoisotopic (exact) mass is 930 g/mol. The second kappa shape index (κ2) is 24.1. The van der Waals surface area contributed by atoms with Crippen LogP contribution in [0.3, 0.4) is 0 Å². The summed E-state index contributed by atoms with van der Waals surface area (Å²) in [4.78, 5) is 27.1. The highest BCUT2D eigenvalue weighted by molar-refractivity contribution is 6.11. The maximum atomic E-state index is 13.6. The Balaban J connectivity index is 0.828. The molecule has 0 aromatic heterocycles. The number of hydrogen-bond acceptors (Lipinski definition) is 10. The summed E-state index contributed by atoms with van der Waals surface area (Å²) >= 11 is 0. The van der Waals surface area contributed by atoms with Crippen LogP contribution in [-0.4, -0.2) is 35.0 Å². The molecule has 0 unspecified atom stereocenters. The number of carbonyl (C=O) groups is 2. The fourth-order valence-electron chi connectivity index (χ4n) is 7.17. The number of carbonyl (C=O) groups excluding carboxylic acids is 2. The predicted molar refractivity (Wildman–Crippen MR) is 270 cm³/mol. The van der Waals surface area contributed by atoms with Crippen LogP contribution in [0.15, 0.2) is 206 Å². The van der Waals surface area contributed by atoms with Gasteiger partial charge in [0.2, 0.25) is 0 Å². The van der Waals surface area contributed by atoms with Gasteiger partial charge in [0.15, 0.2) is 11.6 Å². The number of benzene rings is 8. The molecular weight excluding hydrogens is 881 g/mol. The van der Waals surface area contributed by atoms with Crippen LogP contribution in [-0.2, 0) is 26.4 Å². The first-order valence-electron chi connectivity index (χ1n) is 22.6. The molecule has 8 aromatic carbocycles. The first kappa shape index (κ1) is 47.5. The lowest BCUT2D eigenvalue weighted by molar-refractivity contribution is 0.103. The Bertz CT molecular complexity index is 2800. The molecule has 0 saturated heterocycles. The molecule has 0 fully saturated rings. The van der Waals surface area contributed by atoms with E-state index in [1.807, 2.05) is 146 Å². The standard InChI is InChI=1S/C60H50O10/c61-53(59-55(63)35-51(67-39-45-13-5-1-6-14-45)37-57(59)69-41-47-17-9-3-10-18-47)31-25-43-21-27-49(28-22-43)65-33-34-66-50-29-23-44(24-30-50)26-32-54(62)60-56(64)36-52(68-40-46-15-7-2-8-16-46)38-58(60)70-42-48-19-11-4-12-20-48/h1-32,35-38,63-64H,33-34,39-42H2/b31-25+,32-26+. The van der Waals surface area contributed by atoms with Crippen molar-refractivity contribution in [2.75, 3.05) is 13.2 Å². The van der Waals surface area contributed by atoms with E-state index in [9.17, 15) is 19.8 Å². The molecule has 70 heavy (non-hydrogen) atoms. The summed E-state index contributed by atoms with van der Waals surface area (Å²) in [5, 5.41) is 22.1. The van der Waals surface area contributed by atoms with E-state index in [1.54, 1.807) is 48.6 Å². The van der Waals surface area contributed by atoms with Crippen LogP contribution in [0.5, 0.6) is 46.0 Å². The highest BCUT2D eigenvalue weighted by Crippen LogP contribution is 2.37. The summed E-state index contributed by atoms with van der Waals surface area (Å²) in [6, 6.07) is 59.0. The minimum absolute atomic E-state index is 0.0316. The highest BCUT2D eigenvalue weighted by atomic mass is 16.5. The maximum Gasteiger partial charge on any atom is 0.193 e. The van der Waals surface area contributed by atoms with E-state index >= 15 is 0 Å². The Hall–Kier alpha value is -9.02. The molecule has 8 rings (SSSR count). The van der Waals surface area contributed by atoms with Gasteiger partial charge in [-0.3, -0.25) is 9.59 Å². The summed E-state index contributed by atoms with van der Waals surface area (Å²) in [7, 11) is 0. The molecule has 0 aliphatic carbocycles. The molecule has 0 bridgehead atoms. The van der Waals surface area contributed by atoms with Gasteiger partial charge in [-0.25, -0.2) is 0 Å². The lowest BCUT2D eigenvalue weighted by atomic mass is 10.1.